The Hall–Kier alpha value is -1.06. The van der Waals surface area contributed by atoms with Gasteiger partial charge in [0.1, 0.15) is 11.4 Å². The maximum Gasteiger partial charge on any atom is 0.191 e. The number of ether oxygens (including phenoxy) is 2. The van der Waals surface area contributed by atoms with Crippen molar-refractivity contribution in [3.8, 4) is 5.75 Å². The Labute approximate surface area is 200 Å². The Balaban J connectivity index is 0.00000450. The van der Waals surface area contributed by atoms with Crippen molar-refractivity contribution in [1.29, 1.82) is 0 Å². The van der Waals surface area contributed by atoms with Crippen LogP contribution in [0.1, 0.15) is 44.7 Å². The lowest BCUT2D eigenvalue weighted by Gasteiger charge is -2.32. The highest BCUT2D eigenvalue weighted by Gasteiger charge is 2.19. The monoisotopic (exact) mass is 532 g/mol. The summed E-state index contributed by atoms with van der Waals surface area (Å²) in [6.45, 7) is 14.1. The Bertz CT molecular complexity index is 653. The van der Waals surface area contributed by atoms with E-state index in [1.807, 2.05) is 7.05 Å². The van der Waals surface area contributed by atoms with Crippen molar-refractivity contribution < 1.29 is 9.47 Å². The van der Waals surface area contributed by atoms with E-state index in [1.165, 1.54) is 18.4 Å². The third-order valence-corrected chi connectivity index (χ3v) is 5.19. The van der Waals surface area contributed by atoms with E-state index >= 15 is 0 Å². The lowest BCUT2D eigenvalue weighted by Crippen LogP contribution is -2.43. The molecule has 0 spiro atoms. The first kappa shape index (κ1) is 27.0. The van der Waals surface area contributed by atoms with Crippen molar-refractivity contribution in [2.75, 3.05) is 46.9 Å². The summed E-state index contributed by atoms with van der Waals surface area (Å²) < 4.78 is 11.3. The average molecular weight is 533 g/mol. The first-order valence-electron chi connectivity index (χ1n) is 10.7. The van der Waals surface area contributed by atoms with Crippen molar-refractivity contribution in [2.24, 2.45) is 10.9 Å². The number of likely N-dealkylation sites (tertiary alicyclic amines) is 1. The van der Waals surface area contributed by atoms with Crippen LogP contribution in [0.2, 0.25) is 0 Å². The number of hydrogen-bond acceptors (Lipinski definition) is 4. The predicted molar refractivity (Wildman–Crippen MR) is 136 cm³/mol. The maximum atomic E-state index is 6.16. The molecule has 0 aliphatic carbocycles. The first-order chi connectivity index (χ1) is 13.8. The number of benzene rings is 1. The summed E-state index contributed by atoms with van der Waals surface area (Å²) in [6.07, 6.45) is 2.44. The number of aryl methyl sites for hydroxylation is 1. The Kier molecular flexibility index (Phi) is 12.0. The highest BCUT2D eigenvalue weighted by molar-refractivity contribution is 14.0. The van der Waals surface area contributed by atoms with Crippen LogP contribution in [0.5, 0.6) is 5.75 Å². The fraction of sp³-hybridized carbons (Fsp3) is 0.696. The molecule has 1 aromatic rings. The zero-order valence-corrected chi connectivity index (χ0v) is 21.9. The predicted octanol–water partition coefficient (Wildman–Crippen LogP) is 3.81. The molecular weight excluding hydrogens is 491 g/mol. The Morgan fingerprint density at radius 1 is 1.20 bits per heavy atom. The highest BCUT2D eigenvalue weighted by Crippen LogP contribution is 2.24. The second-order valence-corrected chi connectivity index (χ2v) is 8.91. The van der Waals surface area contributed by atoms with E-state index in [0.717, 1.165) is 50.1 Å². The lowest BCUT2D eigenvalue weighted by atomic mass is 9.97. The Morgan fingerprint density at radius 2 is 1.90 bits per heavy atom. The van der Waals surface area contributed by atoms with Gasteiger partial charge >= 0.3 is 0 Å². The molecular formula is C23H41IN4O2. The van der Waals surface area contributed by atoms with Crippen molar-refractivity contribution in [3.63, 3.8) is 0 Å². The van der Waals surface area contributed by atoms with Crippen molar-refractivity contribution in [2.45, 2.75) is 52.7 Å². The quantitative estimate of drug-likeness (QED) is 0.303. The van der Waals surface area contributed by atoms with Crippen molar-refractivity contribution in [1.82, 2.24) is 15.5 Å². The van der Waals surface area contributed by atoms with Crippen LogP contribution in [0, 0.1) is 12.8 Å². The molecule has 0 unspecified atom stereocenters. The van der Waals surface area contributed by atoms with E-state index in [-0.39, 0.29) is 29.6 Å². The molecule has 1 aromatic carbocycles. The molecule has 0 amide bonds. The number of aliphatic imine (C=N–C) groups is 1. The molecule has 2 N–H and O–H groups in total. The largest absolute Gasteiger partial charge is 0.488 e. The second-order valence-electron chi connectivity index (χ2n) is 8.91. The fourth-order valence-electron chi connectivity index (χ4n) is 3.51. The van der Waals surface area contributed by atoms with Crippen LogP contribution in [0.25, 0.3) is 0 Å². The molecule has 1 aliphatic heterocycles. The molecule has 2 rings (SSSR count). The summed E-state index contributed by atoms with van der Waals surface area (Å²) in [4.78, 5) is 6.88. The SMILES string of the molecule is CN=C(NCc1ccc(C)cc1OC(C)(C)C)NCC1CCN(CCOC)CC1.I. The Morgan fingerprint density at radius 3 is 2.50 bits per heavy atom. The fourth-order valence-corrected chi connectivity index (χ4v) is 3.51. The number of nitrogens with one attached hydrogen (secondary N) is 2. The number of halogens is 1. The zero-order valence-electron chi connectivity index (χ0n) is 19.6. The molecule has 30 heavy (non-hydrogen) atoms. The minimum atomic E-state index is -0.222. The summed E-state index contributed by atoms with van der Waals surface area (Å²) in [5, 5.41) is 6.94. The maximum absolute atomic E-state index is 6.16. The molecule has 0 saturated carbocycles. The summed E-state index contributed by atoms with van der Waals surface area (Å²) in [5.74, 6) is 2.46. The molecule has 1 aliphatic rings. The number of hydrogen-bond donors (Lipinski definition) is 2. The van der Waals surface area contributed by atoms with Gasteiger partial charge in [0.2, 0.25) is 0 Å². The van der Waals surface area contributed by atoms with E-state index in [4.69, 9.17) is 9.47 Å². The van der Waals surface area contributed by atoms with Gasteiger partial charge in [0.25, 0.3) is 0 Å². The molecule has 0 radical (unpaired) electrons. The van der Waals surface area contributed by atoms with Crippen molar-refractivity contribution >= 4 is 29.9 Å². The molecule has 1 saturated heterocycles. The number of methoxy groups -OCH3 is 1. The molecule has 1 heterocycles. The molecule has 0 atom stereocenters. The average Bonchev–Trinajstić information content (AvgIpc) is 2.67. The molecule has 6 nitrogen and oxygen atoms in total. The van der Waals surface area contributed by atoms with Gasteiger partial charge in [0.05, 0.1) is 6.61 Å². The van der Waals surface area contributed by atoms with Gasteiger partial charge < -0.3 is 25.0 Å². The van der Waals surface area contributed by atoms with E-state index < -0.39 is 0 Å². The van der Waals surface area contributed by atoms with Crippen LogP contribution in [-0.4, -0.2) is 63.4 Å². The van der Waals surface area contributed by atoms with E-state index in [9.17, 15) is 0 Å². The molecule has 172 valence electrons. The van der Waals surface area contributed by atoms with Gasteiger partial charge in [-0.3, -0.25) is 4.99 Å². The lowest BCUT2D eigenvalue weighted by molar-refractivity contribution is 0.121. The summed E-state index contributed by atoms with van der Waals surface area (Å²) in [7, 11) is 3.59. The van der Waals surface area contributed by atoms with Crippen LogP contribution < -0.4 is 15.4 Å². The molecule has 1 fully saturated rings. The number of piperidine rings is 1. The first-order valence-corrected chi connectivity index (χ1v) is 10.7. The van der Waals surface area contributed by atoms with Gasteiger partial charge in [-0.05, 0) is 71.2 Å². The van der Waals surface area contributed by atoms with Crippen LogP contribution in [-0.2, 0) is 11.3 Å². The smallest absolute Gasteiger partial charge is 0.191 e. The van der Waals surface area contributed by atoms with Gasteiger partial charge in [-0.2, -0.15) is 0 Å². The van der Waals surface area contributed by atoms with Crippen LogP contribution >= 0.6 is 24.0 Å². The summed E-state index contributed by atoms with van der Waals surface area (Å²) >= 11 is 0. The third-order valence-electron chi connectivity index (χ3n) is 5.19. The topological polar surface area (TPSA) is 58.1 Å². The van der Waals surface area contributed by atoms with Gasteiger partial charge in [-0.1, -0.05) is 12.1 Å². The van der Waals surface area contributed by atoms with Gasteiger partial charge in [0.15, 0.2) is 5.96 Å². The van der Waals surface area contributed by atoms with Gasteiger partial charge in [-0.25, -0.2) is 0 Å². The summed E-state index contributed by atoms with van der Waals surface area (Å²) in [5.41, 5.74) is 2.12. The highest BCUT2D eigenvalue weighted by atomic mass is 127. The summed E-state index contributed by atoms with van der Waals surface area (Å²) in [6, 6.07) is 6.36. The normalized spacial score (nSPS) is 16.1. The van der Waals surface area contributed by atoms with E-state index in [1.54, 1.807) is 7.11 Å². The second kappa shape index (κ2) is 13.4. The zero-order chi connectivity index (χ0) is 21.3. The number of nitrogens with zero attached hydrogens (tertiary/aromatic N) is 2. The minimum Gasteiger partial charge on any atom is -0.488 e. The van der Waals surface area contributed by atoms with Gasteiger partial charge in [0, 0.05) is 39.4 Å². The van der Waals surface area contributed by atoms with Crippen molar-refractivity contribution in [3.05, 3.63) is 29.3 Å². The molecule has 7 heteroatoms. The number of rotatable bonds is 8. The molecule has 0 bridgehead atoms. The number of guanidine groups is 1. The molecule has 0 aromatic heterocycles. The van der Waals surface area contributed by atoms with E-state index in [0.29, 0.717) is 12.5 Å². The third kappa shape index (κ3) is 9.83. The van der Waals surface area contributed by atoms with Crippen LogP contribution in [0.3, 0.4) is 0 Å². The van der Waals surface area contributed by atoms with E-state index in [2.05, 4.69) is 66.4 Å². The standard InChI is InChI=1S/C23H40N4O2.HI/c1-18-7-8-20(21(15-18)29-23(2,3)4)17-26-22(24-5)25-16-19-9-11-27(12-10-19)13-14-28-6;/h7-8,15,19H,9-14,16-17H2,1-6H3,(H2,24,25,26);1H. The minimum absolute atomic E-state index is 0. The van der Waals surface area contributed by atoms with Crippen LogP contribution in [0.4, 0.5) is 0 Å². The van der Waals surface area contributed by atoms with Crippen LogP contribution in [0.15, 0.2) is 23.2 Å². The van der Waals surface area contributed by atoms with Gasteiger partial charge in [-0.15, -0.1) is 24.0 Å².